The van der Waals surface area contributed by atoms with Crippen molar-refractivity contribution in [2.24, 2.45) is 0 Å². The molecule has 0 aliphatic heterocycles. The molecule has 0 spiro atoms. The molecule has 0 saturated carbocycles. The van der Waals surface area contributed by atoms with Gasteiger partial charge in [-0.2, -0.15) is 0 Å². The lowest BCUT2D eigenvalue weighted by atomic mass is 10.0. The number of carboxylic acid groups (broad SMARTS) is 1. The average molecular weight is 268 g/mol. The van der Waals surface area contributed by atoms with Crippen molar-refractivity contribution in [2.75, 3.05) is 0 Å². The number of hydrogen-bond donors (Lipinski definition) is 1. The first-order valence-electron chi connectivity index (χ1n) is 8.14. The van der Waals surface area contributed by atoms with Crippen LogP contribution in [0.15, 0.2) is 11.6 Å². The highest BCUT2D eigenvalue weighted by molar-refractivity contribution is 5.86. The molecule has 0 aromatic carbocycles. The Balaban J connectivity index is 3.71. The summed E-state index contributed by atoms with van der Waals surface area (Å²) in [7, 11) is 0. The second-order valence-corrected chi connectivity index (χ2v) is 5.40. The Morgan fingerprint density at radius 1 is 0.842 bits per heavy atom. The summed E-state index contributed by atoms with van der Waals surface area (Å²) < 4.78 is 0. The maximum Gasteiger partial charge on any atom is 0.331 e. The summed E-state index contributed by atoms with van der Waals surface area (Å²) in [5, 5.41) is 9.13. The second kappa shape index (κ2) is 13.6. The van der Waals surface area contributed by atoms with Crippen LogP contribution in [0, 0.1) is 0 Å². The van der Waals surface area contributed by atoms with E-state index in [2.05, 4.69) is 13.8 Å². The van der Waals surface area contributed by atoms with E-state index in [1.807, 2.05) is 6.08 Å². The minimum Gasteiger partial charge on any atom is -0.478 e. The quantitative estimate of drug-likeness (QED) is 0.343. The predicted molar refractivity (Wildman–Crippen MR) is 82.5 cm³/mol. The molecule has 0 aliphatic rings. The van der Waals surface area contributed by atoms with Gasteiger partial charge in [-0.25, -0.2) is 4.79 Å². The Hall–Kier alpha value is -0.790. The van der Waals surface area contributed by atoms with Crippen LogP contribution in [-0.4, -0.2) is 11.1 Å². The maximum atomic E-state index is 11.1. The number of unbranched alkanes of at least 4 members (excludes halogenated alkanes) is 9. The lowest BCUT2D eigenvalue weighted by Crippen LogP contribution is -2.00. The highest BCUT2D eigenvalue weighted by Crippen LogP contribution is 2.13. The summed E-state index contributed by atoms with van der Waals surface area (Å²) in [4.78, 5) is 11.1. The molecule has 0 aliphatic carbocycles. The number of carboxylic acids is 1. The van der Waals surface area contributed by atoms with Crippen LogP contribution in [-0.2, 0) is 4.79 Å². The number of rotatable bonds is 13. The molecule has 2 nitrogen and oxygen atoms in total. The molecular weight excluding hydrogens is 236 g/mol. The van der Waals surface area contributed by atoms with Gasteiger partial charge in [-0.05, 0) is 25.7 Å². The van der Waals surface area contributed by atoms with Crippen molar-refractivity contribution in [2.45, 2.75) is 90.9 Å². The van der Waals surface area contributed by atoms with Crippen molar-refractivity contribution >= 4 is 5.97 Å². The van der Waals surface area contributed by atoms with Crippen LogP contribution in [0.25, 0.3) is 0 Å². The van der Waals surface area contributed by atoms with E-state index in [0.29, 0.717) is 5.57 Å². The Morgan fingerprint density at radius 2 is 1.37 bits per heavy atom. The van der Waals surface area contributed by atoms with Gasteiger partial charge in [-0.15, -0.1) is 0 Å². The first-order chi connectivity index (χ1) is 9.22. The molecule has 0 fully saturated rings. The molecule has 0 atom stereocenters. The molecule has 0 bridgehead atoms. The summed E-state index contributed by atoms with van der Waals surface area (Å²) >= 11 is 0. The summed E-state index contributed by atoms with van der Waals surface area (Å²) in [6.07, 6.45) is 15.8. The molecule has 2 heteroatoms. The van der Waals surface area contributed by atoms with Crippen LogP contribution in [0.2, 0.25) is 0 Å². The first kappa shape index (κ1) is 18.2. The lowest BCUT2D eigenvalue weighted by Gasteiger charge is -2.03. The maximum absolute atomic E-state index is 11.1. The van der Waals surface area contributed by atoms with E-state index in [9.17, 15) is 4.79 Å². The van der Waals surface area contributed by atoms with Gasteiger partial charge in [0.05, 0.1) is 0 Å². The van der Waals surface area contributed by atoms with Gasteiger partial charge in [-0.3, -0.25) is 0 Å². The third-order valence-electron chi connectivity index (χ3n) is 3.52. The van der Waals surface area contributed by atoms with Crippen LogP contribution in [0.3, 0.4) is 0 Å². The van der Waals surface area contributed by atoms with Crippen molar-refractivity contribution in [3.8, 4) is 0 Å². The van der Waals surface area contributed by atoms with Gasteiger partial charge in [0.1, 0.15) is 0 Å². The van der Waals surface area contributed by atoms with Crippen LogP contribution in [0.1, 0.15) is 90.9 Å². The molecule has 0 aromatic rings. The third-order valence-corrected chi connectivity index (χ3v) is 3.52. The smallest absolute Gasteiger partial charge is 0.331 e. The number of carbonyl (C=O) groups is 1. The van der Waals surface area contributed by atoms with Crippen molar-refractivity contribution in [1.82, 2.24) is 0 Å². The lowest BCUT2D eigenvalue weighted by molar-refractivity contribution is -0.132. The SMILES string of the molecule is CCCCCCCCC=C(CCCCCC)C(=O)O. The normalized spacial score (nSPS) is 11.8. The molecule has 0 rings (SSSR count). The van der Waals surface area contributed by atoms with Crippen LogP contribution in [0.4, 0.5) is 0 Å². The topological polar surface area (TPSA) is 37.3 Å². The zero-order valence-corrected chi connectivity index (χ0v) is 12.9. The molecule has 0 amide bonds. The minimum atomic E-state index is -0.720. The number of hydrogen-bond acceptors (Lipinski definition) is 1. The monoisotopic (exact) mass is 268 g/mol. The predicted octanol–water partition coefficient (Wildman–Crippen LogP) is 5.72. The van der Waals surface area contributed by atoms with Crippen LogP contribution in [0.5, 0.6) is 0 Å². The van der Waals surface area contributed by atoms with Gasteiger partial charge in [0.15, 0.2) is 0 Å². The molecule has 112 valence electrons. The summed E-state index contributed by atoms with van der Waals surface area (Å²) in [6, 6.07) is 0. The zero-order valence-electron chi connectivity index (χ0n) is 12.9. The molecule has 0 aromatic heterocycles. The van der Waals surface area contributed by atoms with Crippen molar-refractivity contribution < 1.29 is 9.90 Å². The molecule has 0 heterocycles. The average Bonchev–Trinajstić information content (AvgIpc) is 2.39. The number of allylic oxidation sites excluding steroid dienone is 1. The van der Waals surface area contributed by atoms with Gasteiger partial charge < -0.3 is 5.11 Å². The van der Waals surface area contributed by atoms with E-state index in [-0.39, 0.29) is 0 Å². The Bertz CT molecular complexity index is 244. The Kier molecular flexibility index (Phi) is 13.1. The molecule has 19 heavy (non-hydrogen) atoms. The fourth-order valence-corrected chi connectivity index (χ4v) is 2.24. The second-order valence-electron chi connectivity index (χ2n) is 5.40. The largest absolute Gasteiger partial charge is 0.478 e. The highest BCUT2D eigenvalue weighted by atomic mass is 16.4. The van der Waals surface area contributed by atoms with Gasteiger partial charge in [0.25, 0.3) is 0 Å². The summed E-state index contributed by atoms with van der Waals surface area (Å²) in [6.45, 7) is 4.40. The Labute approximate surface area is 119 Å². The van der Waals surface area contributed by atoms with E-state index in [1.54, 1.807) is 0 Å². The Morgan fingerprint density at radius 3 is 1.95 bits per heavy atom. The number of aliphatic carboxylic acids is 1. The van der Waals surface area contributed by atoms with E-state index < -0.39 is 5.97 Å². The van der Waals surface area contributed by atoms with E-state index in [4.69, 9.17) is 5.11 Å². The van der Waals surface area contributed by atoms with Gasteiger partial charge >= 0.3 is 5.97 Å². The summed E-state index contributed by atoms with van der Waals surface area (Å²) in [5.41, 5.74) is 0.629. The molecule has 0 radical (unpaired) electrons. The van der Waals surface area contributed by atoms with Crippen molar-refractivity contribution in [3.63, 3.8) is 0 Å². The van der Waals surface area contributed by atoms with E-state index in [0.717, 1.165) is 32.1 Å². The van der Waals surface area contributed by atoms with Crippen molar-refractivity contribution in [1.29, 1.82) is 0 Å². The van der Waals surface area contributed by atoms with E-state index in [1.165, 1.54) is 44.9 Å². The molecule has 0 saturated heterocycles. The molecular formula is C17H32O2. The van der Waals surface area contributed by atoms with Gasteiger partial charge in [0.2, 0.25) is 0 Å². The molecule has 0 unspecified atom stereocenters. The third kappa shape index (κ3) is 12.0. The fraction of sp³-hybridized carbons (Fsp3) is 0.824. The van der Waals surface area contributed by atoms with Gasteiger partial charge in [0, 0.05) is 5.57 Å². The van der Waals surface area contributed by atoms with E-state index >= 15 is 0 Å². The van der Waals surface area contributed by atoms with Crippen LogP contribution < -0.4 is 0 Å². The van der Waals surface area contributed by atoms with Crippen molar-refractivity contribution in [3.05, 3.63) is 11.6 Å². The molecule has 1 N–H and O–H groups in total. The van der Waals surface area contributed by atoms with Gasteiger partial charge in [-0.1, -0.05) is 71.3 Å². The fourth-order valence-electron chi connectivity index (χ4n) is 2.24. The standard InChI is InChI=1S/C17H32O2/c1-3-5-7-9-10-11-13-15-16(17(18)19)14-12-8-6-4-2/h15H,3-14H2,1-2H3,(H,18,19). The summed E-state index contributed by atoms with van der Waals surface area (Å²) in [5.74, 6) is -0.720. The minimum absolute atomic E-state index is 0.629. The zero-order chi connectivity index (χ0) is 14.3. The highest BCUT2D eigenvalue weighted by Gasteiger charge is 2.05. The van der Waals surface area contributed by atoms with Crippen LogP contribution >= 0.6 is 0 Å². The first-order valence-corrected chi connectivity index (χ1v) is 8.14.